The van der Waals surface area contributed by atoms with Crippen LogP contribution in [0.5, 0.6) is 0 Å². The van der Waals surface area contributed by atoms with Crippen molar-refractivity contribution in [3.05, 3.63) is 27.4 Å². The Hall–Kier alpha value is -1.82. The summed E-state index contributed by atoms with van der Waals surface area (Å²) in [6.45, 7) is 2.56. The summed E-state index contributed by atoms with van der Waals surface area (Å²) in [5.74, 6) is 0. The zero-order valence-corrected chi connectivity index (χ0v) is 9.21. The van der Waals surface area contributed by atoms with Crippen molar-refractivity contribution < 1.29 is 4.92 Å². The third-order valence-electron chi connectivity index (χ3n) is 2.18. The van der Waals surface area contributed by atoms with Crippen LogP contribution in [-0.2, 0) is 0 Å². The second-order valence-electron chi connectivity index (χ2n) is 3.21. The van der Waals surface area contributed by atoms with Gasteiger partial charge in [-0.05, 0) is 6.92 Å². The highest BCUT2D eigenvalue weighted by Crippen LogP contribution is 2.31. The number of hydrogen-bond donors (Lipinski definition) is 2. The molecule has 0 aliphatic heterocycles. The number of H-pyrrole nitrogens is 1. The van der Waals surface area contributed by atoms with Gasteiger partial charge in [-0.15, -0.1) is 0 Å². The fraction of sp³-hybridized carbons (Fsp3) is 0.222. The van der Waals surface area contributed by atoms with Crippen molar-refractivity contribution in [3.8, 4) is 0 Å². The largest absolute Gasteiger partial charge is 0.383 e. The first-order valence-electron chi connectivity index (χ1n) is 4.69. The minimum Gasteiger partial charge on any atom is -0.383 e. The summed E-state index contributed by atoms with van der Waals surface area (Å²) in [5, 5.41) is 21.2. The first-order valence-corrected chi connectivity index (χ1v) is 5.07. The molecule has 2 rings (SSSR count). The lowest BCUT2D eigenvalue weighted by atomic mass is 10.2. The van der Waals surface area contributed by atoms with Gasteiger partial charge >= 0.3 is 0 Å². The Morgan fingerprint density at radius 1 is 1.62 bits per heavy atom. The molecule has 2 N–H and O–H groups in total. The maximum Gasteiger partial charge on any atom is 0.272 e. The number of hydrogen-bond acceptors (Lipinski definition) is 4. The third-order valence-corrected chi connectivity index (χ3v) is 2.46. The molecular weight excluding hydrogens is 232 g/mol. The zero-order valence-electron chi connectivity index (χ0n) is 8.45. The number of non-ortho nitro benzene ring substituents is 1. The molecule has 7 heteroatoms. The number of aromatic nitrogens is 2. The van der Waals surface area contributed by atoms with Gasteiger partial charge in [-0.1, -0.05) is 11.6 Å². The fourth-order valence-electron chi connectivity index (χ4n) is 1.50. The van der Waals surface area contributed by atoms with Crippen LogP contribution >= 0.6 is 11.6 Å². The topological polar surface area (TPSA) is 83.9 Å². The van der Waals surface area contributed by atoms with Crippen molar-refractivity contribution in [3.63, 3.8) is 0 Å². The van der Waals surface area contributed by atoms with Crippen LogP contribution in [-0.4, -0.2) is 21.7 Å². The van der Waals surface area contributed by atoms with E-state index in [1.807, 2.05) is 6.92 Å². The zero-order chi connectivity index (χ0) is 11.7. The Morgan fingerprint density at radius 2 is 2.38 bits per heavy atom. The van der Waals surface area contributed by atoms with Gasteiger partial charge in [0.15, 0.2) is 0 Å². The molecule has 0 unspecified atom stereocenters. The van der Waals surface area contributed by atoms with Gasteiger partial charge in [0.25, 0.3) is 5.69 Å². The van der Waals surface area contributed by atoms with E-state index in [4.69, 9.17) is 11.6 Å². The summed E-state index contributed by atoms with van der Waals surface area (Å²) in [7, 11) is 0. The Morgan fingerprint density at radius 3 is 3.00 bits per heavy atom. The summed E-state index contributed by atoms with van der Waals surface area (Å²) in [4.78, 5) is 10.3. The van der Waals surface area contributed by atoms with E-state index in [0.29, 0.717) is 28.3 Å². The minimum atomic E-state index is -0.455. The Kier molecular flexibility index (Phi) is 2.66. The average Bonchev–Trinajstić information content (AvgIpc) is 2.61. The number of aromatic amines is 1. The van der Waals surface area contributed by atoms with Crippen molar-refractivity contribution in [2.45, 2.75) is 6.92 Å². The van der Waals surface area contributed by atoms with E-state index in [0.717, 1.165) is 0 Å². The lowest BCUT2D eigenvalue weighted by Gasteiger charge is -2.03. The van der Waals surface area contributed by atoms with Crippen LogP contribution in [0.2, 0.25) is 5.15 Å². The van der Waals surface area contributed by atoms with Crippen LogP contribution in [0.3, 0.4) is 0 Å². The van der Waals surface area contributed by atoms with Gasteiger partial charge in [0.05, 0.1) is 10.6 Å². The molecule has 0 aliphatic carbocycles. The molecule has 0 radical (unpaired) electrons. The number of benzene rings is 1. The first-order chi connectivity index (χ1) is 7.63. The minimum absolute atomic E-state index is 0.00764. The van der Waals surface area contributed by atoms with Crippen molar-refractivity contribution in [2.24, 2.45) is 0 Å². The standard InChI is InChI=1S/C9H9ClN4O2/c1-2-11-7-4-5(14(15)16)3-6-8(7)12-13-9(6)10/h3-4,11H,2H2,1H3,(H,12,13). The molecule has 1 aromatic carbocycles. The SMILES string of the molecule is CCNc1cc([N+](=O)[O-])cc2c(Cl)[nH]nc12. The molecule has 0 spiro atoms. The average molecular weight is 241 g/mol. The van der Waals surface area contributed by atoms with Crippen LogP contribution in [0, 0.1) is 10.1 Å². The van der Waals surface area contributed by atoms with Gasteiger partial charge in [0.1, 0.15) is 10.7 Å². The van der Waals surface area contributed by atoms with Crippen molar-refractivity contribution in [1.29, 1.82) is 0 Å². The van der Waals surface area contributed by atoms with Crippen molar-refractivity contribution in [1.82, 2.24) is 10.2 Å². The van der Waals surface area contributed by atoms with Gasteiger partial charge in [-0.25, -0.2) is 0 Å². The second-order valence-corrected chi connectivity index (χ2v) is 3.59. The molecule has 1 heterocycles. The normalized spacial score (nSPS) is 10.6. The third kappa shape index (κ3) is 1.67. The highest BCUT2D eigenvalue weighted by molar-refractivity contribution is 6.34. The van der Waals surface area contributed by atoms with E-state index in [2.05, 4.69) is 15.5 Å². The number of nitro benzene ring substituents is 1. The summed E-state index contributed by atoms with van der Waals surface area (Å²) in [6.07, 6.45) is 0. The number of anilines is 1. The van der Waals surface area contributed by atoms with Crippen molar-refractivity contribution in [2.75, 3.05) is 11.9 Å². The maximum atomic E-state index is 10.7. The molecule has 6 nitrogen and oxygen atoms in total. The van der Waals surface area contributed by atoms with Crippen LogP contribution in [0.15, 0.2) is 12.1 Å². The van der Waals surface area contributed by atoms with E-state index in [-0.39, 0.29) is 5.69 Å². The number of fused-ring (bicyclic) bond motifs is 1. The lowest BCUT2D eigenvalue weighted by molar-refractivity contribution is -0.384. The number of nitrogens with zero attached hydrogens (tertiary/aromatic N) is 2. The molecule has 0 bridgehead atoms. The Labute approximate surface area is 95.7 Å². The molecule has 0 saturated heterocycles. The number of nitrogens with one attached hydrogen (secondary N) is 2. The number of halogens is 1. The maximum absolute atomic E-state index is 10.7. The van der Waals surface area contributed by atoms with Gasteiger partial charge in [-0.2, -0.15) is 5.10 Å². The van der Waals surface area contributed by atoms with Gasteiger partial charge < -0.3 is 5.32 Å². The molecule has 1 aromatic heterocycles. The van der Waals surface area contributed by atoms with Crippen molar-refractivity contribution >= 4 is 33.9 Å². The van der Waals surface area contributed by atoms with Crippen LogP contribution < -0.4 is 5.32 Å². The molecule has 2 aromatic rings. The lowest BCUT2D eigenvalue weighted by Crippen LogP contribution is -1.98. The van der Waals surface area contributed by atoms with Gasteiger partial charge in [-0.3, -0.25) is 15.2 Å². The van der Waals surface area contributed by atoms with Gasteiger partial charge in [0.2, 0.25) is 0 Å². The monoisotopic (exact) mass is 240 g/mol. The van der Waals surface area contributed by atoms with E-state index in [1.165, 1.54) is 12.1 Å². The molecule has 0 amide bonds. The van der Waals surface area contributed by atoms with E-state index in [1.54, 1.807) is 0 Å². The van der Waals surface area contributed by atoms with Crippen LogP contribution in [0.4, 0.5) is 11.4 Å². The fourth-order valence-corrected chi connectivity index (χ4v) is 1.69. The van der Waals surface area contributed by atoms with E-state index in [9.17, 15) is 10.1 Å². The summed E-state index contributed by atoms with van der Waals surface area (Å²) >= 11 is 5.85. The molecule has 84 valence electrons. The summed E-state index contributed by atoms with van der Waals surface area (Å²) in [5.41, 5.74) is 1.21. The molecule has 0 aliphatic rings. The molecule has 0 atom stereocenters. The Bertz CT molecular complexity index is 552. The molecular formula is C9H9ClN4O2. The van der Waals surface area contributed by atoms with Crippen LogP contribution in [0.1, 0.15) is 6.92 Å². The second kappa shape index (κ2) is 3.97. The predicted molar refractivity (Wildman–Crippen MR) is 61.9 cm³/mol. The molecule has 0 fully saturated rings. The highest BCUT2D eigenvalue weighted by Gasteiger charge is 2.15. The smallest absolute Gasteiger partial charge is 0.272 e. The number of nitro groups is 1. The first kappa shape index (κ1) is 10.7. The highest BCUT2D eigenvalue weighted by atomic mass is 35.5. The van der Waals surface area contributed by atoms with E-state index < -0.39 is 4.92 Å². The predicted octanol–water partition coefficient (Wildman–Crippen LogP) is 2.56. The summed E-state index contributed by atoms with van der Waals surface area (Å²) in [6, 6.07) is 2.85. The van der Waals surface area contributed by atoms with Gasteiger partial charge in [0, 0.05) is 24.1 Å². The summed E-state index contributed by atoms with van der Waals surface area (Å²) < 4.78 is 0. The molecule has 16 heavy (non-hydrogen) atoms. The van der Waals surface area contributed by atoms with Crippen LogP contribution in [0.25, 0.3) is 10.9 Å². The quantitative estimate of drug-likeness (QED) is 0.638. The van der Waals surface area contributed by atoms with E-state index >= 15 is 0 Å². The number of rotatable bonds is 3. The Balaban J connectivity index is 2.70. The molecule has 0 saturated carbocycles.